The topological polar surface area (TPSA) is 72.4 Å². The van der Waals surface area contributed by atoms with Gasteiger partial charge in [-0.3, -0.25) is 4.79 Å². The van der Waals surface area contributed by atoms with Gasteiger partial charge in [0, 0.05) is 19.2 Å². The van der Waals surface area contributed by atoms with E-state index >= 15 is 0 Å². The van der Waals surface area contributed by atoms with Crippen molar-refractivity contribution in [2.24, 2.45) is 0 Å². The fourth-order valence-electron chi connectivity index (χ4n) is 1.77. The molecular formula is C12H15N3O3S2. The van der Waals surface area contributed by atoms with E-state index in [1.165, 1.54) is 6.20 Å². The maximum Gasteiger partial charge on any atom is 0.417 e. The van der Waals surface area contributed by atoms with Crippen molar-refractivity contribution in [3.8, 4) is 0 Å². The molecule has 0 bridgehead atoms. The van der Waals surface area contributed by atoms with Crippen LogP contribution in [0.4, 0.5) is 4.79 Å². The Kier molecular flexibility index (Phi) is 4.24. The quantitative estimate of drug-likeness (QED) is 0.487. The molecule has 0 N–H and O–H groups in total. The molecule has 0 aliphatic carbocycles. The average Bonchev–Trinajstić information content (AvgIpc) is 2.36. The second-order valence-electron chi connectivity index (χ2n) is 5.29. The second-order valence-corrected chi connectivity index (χ2v) is 6.39. The van der Waals surface area contributed by atoms with E-state index in [0.29, 0.717) is 22.8 Å². The molecule has 2 rings (SSSR count). The van der Waals surface area contributed by atoms with E-state index < -0.39 is 17.6 Å². The molecular weight excluding hydrogens is 298 g/mol. The summed E-state index contributed by atoms with van der Waals surface area (Å²) in [6.07, 6.45) is 1.28. The molecule has 0 atom stereocenters. The summed E-state index contributed by atoms with van der Waals surface area (Å²) in [6, 6.07) is 0. The van der Waals surface area contributed by atoms with Crippen LogP contribution < -0.4 is 0 Å². The number of fused-ring (bicyclic) bond motifs is 1. The van der Waals surface area contributed by atoms with Crippen molar-refractivity contribution in [1.29, 1.82) is 0 Å². The molecule has 0 fully saturated rings. The smallest absolute Gasteiger partial charge is 0.417 e. The van der Waals surface area contributed by atoms with Crippen LogP contribution in [0.1, 0.15) is 36.8 Å². The molecule has 0 saturated carbocycles. The lowest BCUT2D eigenvalue weighted by Crippen LogP contribution is -2.45. The summed E-state index contributed by atoms with van der Waals surface area (Å²) < 4.78 is 5.22. The van der Waals surface area contributed by atoms with Crippen LogP contribution in [-0.2, 0) is 11.2 Å². The van der Waals surface area contributed by atoms with Gasteiger partial charge in [0.05, 0.1) is 11.3 Å². The lowest BCUT2D eigenvalue weighted by atomic mass is 10.1. The molecule has 0 radical (unpaired) electrons. The molecule has 2 heterocycles. The molecule has 1 aliphatic rings. The van der Waals surface area contributed by atoms with Crippen LogP contribution in [0.5, 0.6) is 0 Å². The number of carbonyl (C=O) groups excluding carboxylic acids is 2. The lowest BCUT2D eigenvalue weighted by Gasteiger charge is -2.29. The molecule has 1 aromatic heterocycles. The highest BCUT2D eigenvalue weighted by Gasteiger charge is 2.33. The van der Waals surface area contributed by atoms with Gasteiger partial charge in [-0.2, -0.15) is 0 Å². The van der Waals surface area contributed by atoms with Crippen LogP contribution in [0.25, 0.3) is 0 Å². The third-order valence-corrected chi connectivity index (χ3v) is 3.44. The molecule has 0 unspecified atom stereocenters. The number of imide groups is 1. The van der Waals surface area contributed by atoms with Gasteiger partial charge < -0.3 is 4.74 Å². The van der Waals surface area contributed by atoms with Crippen LogP contribution in [0.15, 0.2) is 11.4 Å². The van der Waals surface area contributed by atoms with E-state index in [4.69, 9.17) is 4.74 Å². The van der Waals surface area contributed by atoms with Gasteiger partial charge in [-0.15, -0.1) is 11.7 Å². The highest BCUT2D eigenvalue weighted by atomic mass is 33.1. The van der Waals surface area contributed by atoms with E-state index in [1.807, 2.05) is 0 Å². The number of aromatic nitrogens is 2. The number of hydrogen-bond acceptors (Lipinski definition) is 7. The number of ether oxygens (including phenoxy) is 1. The maximum atomic E-state index is 12.3. The van der Waals surface area contributed by atoms with Crippen molar-refractivity contribution in [3.05, 3.63) is 17.5 Å². The molecule has 1 aromatic rings. The molecule has 2 amide bonds. The molecule has 0 aromatic carbocycles. The monoisotopic (exact) mass is 313 g/mol. The molecule has 108 valence electrons. The number of thiol groups is 1. The summed E-state index contributed by atoms with van der Waals surface area (Å²) in [5.41, 5.74) is 0.343. The van der Waals surface area contributed by atoms with Gasteiger partial charge in [-0.05, 0) is 31.6 Å². The average molecular weight is 313 g/mol. The second kappa shape index (κ2) is 5.61. The first-order valence-electron chi connectivity index (χ1n) is 6.04. The van der Waals surface area contributed by atoms with Gasteiger partial charge in [0.2, 0.25) is 0 Å². The van der Waals surface area contributed by atoms with Crippen molar-refractivity contribution >= 4 is 34.5 Å². The summed E-state index contributed by atoms with van der Waals surface area (Å²) in [6.45, 7) is 5.53. The van der Waals surface area contributed by atoms with Gasteiger partial charge in [-0.25, -0.2) is 19.7 Å². The fraction of sp³-hybridized carbons (Fsp3) is 0.500. The Bertz CT molecular complexity index is 557. The normalized spacial score (nSPS) is 15.0. The Morgan fingerprint density at radius 1 is 1.50 bits per heavy atom. The van der Waals surface area contributed by atoms with E-state index in [2.05, 4.69) is 21.6 Å². The SMILES string of the molecule is CC(C)(C)OC(=O)N1CCc2nc(SS)ncc2C1=O. The van der Waals surface area contributed by atoms with Crippen molar-refractivity contribution in [2.45, 2.75) is 37.9 Å². The van der Waals surface area contributed by atoms with E-state index in [0.717, 1.165) is 15.7 Å². The lowest BCUT2D eigenvalue weighted by molar-refractivity contribution is 0.0232. The number of carbonyl (C=O) groups is 2. The first-order valence-corrected chi connectivity index (χ1v) is 7.91. The van der Waals surface area contributed by atoms with Crippen LogP contribution >= 0.6 is 22.5 Å². The van der Waals surface area contributed by atoms with Gasteiger partial charge in [0.1, 0.15) is 5.60 Å². The third-order valence-electron chi connectivity index (χ3n) is 2.59. The Labute approximate surface area is 126 Å². The van der Waals surface area contributed by atoms with Gasteiger partial charge >= 0.3 is 6.09 Å². The highest BCUT2D eigenvalue weighted by molar-refractivity contribution is 8.68. The van der Waals surface area contributed by atoms with Crippen molar-refractivity contribution in [2.75, 3.05) is 6.54 Å². The molecule has 1 aliphatic heterocycles. The number of nitrogens with zero attached hydrogens (tertiary/aromatic N) is 3. The van der Waals surface area contributed by atoms with E-state index in [1.54, 1.807) is 20.8 Å². The number of rotatable bonds is 1. The van der Waals surface area contributed by atoms with Gasteiger partial charge in [0.25, 0.3) is 5.91 Å². The van der Waals surface area contributed by atoms with Gasteiger partial charge in [-0.1, -0.05) is 0 Å². The minimum atomic E-state index is -0.638. The number of hydrogen-bond donors (Lipinski definition) is 1. The van der Waals surface area contributed by atoms with E-state index in [9.17, 15) is 9.59 Å². The summed E-state index contributed by atoms with van der Waals surface area (Å²) in [7, 11) is 1.11. The van der Waals surface area contributed by atoms with E-state index in [-0.39, 0.29) is 6.54 Å². The number of amides is 2. The Morgan fingerprint density at radius 2 is 2.20 bits per heavy atom. The zero-order valence-corrected chi connectivity index (χ0v) is 13.1. The standard InChI is InChI=1S/C12H15N3O3S2/c1-12(2,3)18-11(17)15-5-4-8-7(9(15)16)6-13-10(14-8)20-19/h6,19H,4-5H2,1-3H3. The highest BCUT2D eigenvalue weighted by Crippen LogP contribution is 2.23. The van der Waals surface area contributed by atoms with Crippen LogP contribution in [0, 0.1) is 0 Å². The molecule has 6 nitrogen and oxygen atoms in total. The summed E-state index contributed by atoms with van der Waals surface area (Å²) in [5, 5.41) is 0.491. The minimum absolute atomic E-state index is 0.258. The minimum Gasteiger partial charge on any atom is -0.443 e. The maximum absolute atomic E-state index is 12.3. The zero-order chi connectivity index (χ0) is 14.9. The summed E-state index contributed by atoms with van der Waals surface area (Å²) in [5.74, 6) is -0.420. The van der Waals surface area contributed by atoms with Crippen LogP contribution in [0.2, 0.25) is 0 Å². The first kappa shape index (κ1) is 15.1. The van der Waals surface area contributed by atoms with Gasteiger partial charge in [0.15, 0.2) is 5.16 Å². The molecule has 0 saturated heterocycles. The Hall–Kier alpha value is -1.28. The largest absolute Gasteiger partial charge is 0.443 e. The Balaban J connectivity index is 2.22. The molecule has 0 spiro atoms. The molecule has 8 heteroatoms. The van der Waals surface area contributed by atoms with Crippen LogP contribution in [0.3, 0.4) is 0 Å². The zero-order valence-electron chi connectivity index (χ0n) is 11.4. The fourth-order valence-corrected chi connectivity index (χ4v) is 2.28. The summed E-state index contributed by atoms with van der Waals surface area (Å²) >= 11 is 4.02. The molecule has 20 heavy (non-hydrogen) atoms. The third kappa shape index (κ3) is 3.24. The Morgan fingerprint density at radius 3 is 2.80 bits per heavy atom. The van der Waals surface area contributed by atoms with Crippen molar-refractivity contribution in [3.63, 3.8) is 0 Å². The van der Waals surface area contributed by atoms with Crippen molar-refractivity contribution in [1.82, 2.24) is 14.9 Å². The first-order chi connectivity index (χ1) is 9.31. The predicted octanol–water partition coefficient (Wildman–Crippen LogP) is 2.35. The van der Waals surface area contributed by atoms with Crippen LogP contribution in [-0.4, -0.2) is 39.0 Å². The van der Waals surface area contributed by atoms with Crippen molar-refractivity contribution < 1.29 is 14.3 Å². The summed E-state index contributed by atoms with van der Waals surface area (Å²) in [4.78, 5) is 33.6. The predicted molar refractivity (Wildman–Crippen MR) is 77.8 cm³/mol.